The SMILES string of the molecule is Cc1cc(Br)ccc1O[C@H]1CCNC1. The van der Waals surface area contributed by atoms with Crippen LogP contribution in [0.2, 0.25) is 0 Å². The van der Waals surface area contributed by atoms with E-state index in [2.05, 4.69) is 34.2 Å². The van der Waals surface area contributed by atoms with Crippen molar-refractivity contribution in [2.75, 3.05) is 13.1 Å². The van der Waals surface area contributed by atoms with Gasteiger partial charge in [0.05, 0.1) is 0 Å². The van der Waals surface area contributed by atoms with Crippen LogP contribution in [0, 0.1) is 6.92 Å². The Kier molecular flexibility index (Phi) is 3.08. The number of halogens is 1. The van der Waals surface area contributed by atoms with E-state index in [1.54, 1.807) is 0 Å². The summed E-state index contributed by atoms with van der Waals surface area (Å²) in [6.07, 6.45) is 1.45. The molecule has 0 bridgehead atoms. The zero-order chi connectivity index (χ0) is 9.97. The van der Waals surface area contributed by atoms with Crippen molar-refractivity contribution in [2.24, 2.45) is 0 Å². The zero-order valence-electron chi connectivity index (χ0n) is 8.22. The van der Waals surface area contributed by atoms with Crippen molar-refractivity contribution in [3.8, 4) is 5.75 Å². The van der Waals surface area contributed by atoms with Crippen LogP contribution in [0.4, 0.5) is 0 Å². The van der Waals surface area contributed by atoms with Gasteiger partial charge in [-0.2, -0.15) is 0 Å². The number of hydrogen-bond acceptors (Lipinski definition) is 2. The van der Waals surface area contributed by atoms with Crippen molar-refractivity contribution in [2.45, 2.75) is 19.4 Å². The van der Waals surface area contributed by atoms with Crippen LogP contribution in [0.15, 0.2) is 22.7 Å². The third kappa shape index (κ3) is 2.28. The van der Waals surface area contributed by atoms with E-state index in [4.69, 9.17) is 4.74 Å². The van der Waals surface area contributed by atoms with Crippen molar-refractivity contribution in [1.82, 2.24) is 5.32 Å². The molecule has 14 heavy (non-hydrogen) atoms. The normalized spacial score (nSPS) is 21.1. The molecule has 0 amide bonds. The second-order valence-electron chi connectivity index (χ2n) is 3.64. The van der Waals surface area contributed by atoms with Gasteiger partial charge in [0, 0.05) is 11.0 Å². The minimum absolute atomic E-state index is 0.342. The standard InChI is InChI=1S/C11H14BrNO/c1-8-6-9(12)2-3-11(8)14-10-4-5-13-7-10/h2-3,6,10,13H,4-5,7H2,1H3/t10-/m0/s1. The van der Waals surface area contributed by atoms with Crippen molar-refractivity contribution in [3.05, 3.63) is 28.2 Å². The van der Waals surface area contributed by atoms with E-state index < -0.39 is 0 Å². The molecule has 0 unspecified atom stereocenters. The van der Waals surface area contributed by atoms with Gasteiger partial charge >= 0.3 is 0 Å². The summed E-state index contributed by atoms with van der Waals surface area (Å²) in [4.78, 5) is 0. The molecule has 3 heteroatoms. The highest BCUT2D eigenvalue weighted by atomic mass is 79.9. The number of benzene rings is 1. The molecule has 1 aromatic rings. The lowest BCUT2D eigenvalue weighted by molar-refractivity contribution is 0.221. The molecule has 1 fully saturated rings. The first-order chi connectivity index (χ1) is 6.75. The van der Waals surface area contributed by atoms with E-state index in [1.807, 2.05) is 12.1 Å². The van der Waals surface area contributed by atoms with Crippen LogP contribution in [0.1, 0.15) is 12.0 Å². The van der Waals surface area contributed by atoms with Crippen LogP contribution in [0.3, 0.4) is 0 Å². The van der Waals surface area contributed by atoms with Gasteiger partial charge in [-0.25, -0.2) is 0 Å². The fourth-order valence-corrected chi connectivity index (χ4v) is 2.13. The van der Waals surface area contributed by atoms with Gasteiger partial charge in [0.25, 0.3) is 0 Å². The minimum Gasteiger partial charge on any atom is -0.489 e. The van der Waals surface area contributed by atoms with E-state index in [0.717, 1.165) is 29.7 Å². The van der Waals surface area contributed by atoms with E-state index in [-0.39, 0.29) is 0 Å². The van der Waals surface area contributed by atoms with Crippen molar-refractivity contribution < 1.29 is 4.74 Å². The van der Waals surface area contributed by atoms with Crippen LogP contribution < -0.4 is 10.1 Å². The van der Waals surface area contributed by atoms with Crippen LogP contribution in [0.5, 0.6) is 5.75 Å². The Morgan fingerprint density at radius 1 is 1.50 bits per heavy atom. The second-order valence-corrected chi connectivity index (χ2v) is 4.56. The van der Waals surface area contributed by atoms with Crippen LogP contribution in [-0.2, 0) is 0 Å². The summed E-state index contributed by atoms with van der Waals surface area (Å²) in [5.41, 5.74) is 1.19. The molecule has 1 N–H and O–H groups in total. The fourth-order valence-electron chi connectivity index (χ4n) is 1.65. The highest BCUT2D eigenvalue weighted by molar-refractivity contribution is 9.10. The maximum atomic E-state index is 5.88. The lowest BCUT2D eigenvalue weighted by Gasteiger charge is -2.14. The lowest BCUT2D eigenvalue weighted by Crippen LogP contribution is -2.19. The Bertz CT molecular complexity index is 321. The van der Waals surface area contributed by atoms with E-state index in [9.17, 15) is 0 Å². The fraction of sp³-hybridized carbons (Fsp3) is 0.455. The summed E-state index contributed by atoms with van der Waals surface area (Å²) < 4.78 is 6.98. The van der Waals surface area contributed by atoms with Gasteiger partial charge in [-0.3, -0.25) is 0 Å². The van der Waals surface area contributed by atoms with E-state index >= 15 is 0 Å². The molecule has 0 aromatic heterocycles. The molecular formula is C11H14BrNO. The number of rotatable bonds is 2. The Hall–Kier alpha value is -0.540. The maximum Gasteiger partial charge on any atom is 0.122 e. The second kappa shape index (κ2) is 4.32. The van der Waals surface area contributed by atoms with E-state index in [1.165, 1.54) is 5.56 Å². The molecule has 1 saturated heterocycles. The number of ether oxygens (including phenoxy) is 1. The first kappa shape index (κ1) is 9.99. The Morgan fingerprint density at radius 3 is 3.00 bits per heavy atom. The third-order valence-electron chi connectivity index (χ3n) is 2.45. The van der Waals surface area contributed by atoms with Crippen LogP contribution in [0.25, 0.3) is 0 Å². The zero-order valence-corrected chi connectivity index (χ0v) is 9.80. The molecule has 1 atom stereocenters. The average molecular weight is 256 g/mol. The third-order valence-corrected chi connectivity index (χ3v) is 2.94. The molecular weight excluding hydrogens is 242 g/mol. The maximum absolute atomic E-state index is 5.88. The summed E-state index contributed by atoms with van der Waals surface area (Å²) in [5.74, 6) is 1.00. The van der Waals surface area contributed by atoms with Crippen molar-refractivity contribution >= 4 is 15.9 Å². The summed E-state index contributed by atoms with van der Waals surface area (Å²) in [6.45, 7) is 4.11. The number of aryl methyl sites for hydroxylation is 1. The van der Waals surface area contributed by atoms with Gasteiger partial charge in [-0.1, -0.05) is 15.9 Å². The van der Waals surface area contributed by atoms with Gasteiger partial charge in [-0.15, -0.1) is 0 Å². The molecule has 0 spiro atoms. The number of hydrogen-bond donors (Lipinski definition) is 1. The Balaban J connectivity index is 2.08. The molecule has 0 saturated carbocycles. The first-order valence-electron chi connectivity index (χ1n) is 4.89. The number of nitrogens with one attached hydrogen (secondary N) is 1. The highest BCUT2D eigenvalue weighted by Crippen LogP contribution is 2.24. The van der Waals surface area contributed by atoms with Crippen LogP contribution >= 0.6 is 15.9 Å². The lowest BCUT2D eigenvalue weighted by atomic mass is 10.2. The quantitative estimate of drug-likeness (QED) is 0.877. The average Bonchev–Trinajstić information content (AvgIpc) is 2.62. The molecule has 76 valence electrons. The van der Waals surface area contributed by atoms with E-state index in [0.29, 0.717) is 6.10 Å². The molecule has 1 heterocycles. The van der Waals surface area contributed by atoms with Gasteiger partial charge in [-0.05, 0) is 43.7 Å². The summed E-state index contributed by atoms with van der Waals surface area (Å²) >= 11 is 3.44. The predicted octanol–water partition coefficient (Wildman–Crippen LogP) is 2.50. The Labute approximate surface area is 92.8 Å². The summed E-state index contributed by atoms with van der Waals surface area (Å²) in [7, 11) is 0. The first-order valence-corrected chi connectivity index (χ1v) is 5.68. The predicted molar refractivity (Wildman–Crippen MR) is 60.8 cm³/mol. The smallest absolute Gasteiger partial charge is 0.122 e. The monoisotopic (exact) mass is 255 g/mol. The molecule has 1 aromatic carbocycles. The summed E-state index contributed by atoms with van der Waals surface area (Å²) in [6, 6.07) is 6.13. The molecule has 0 radical (unpaired) electrons. The molecule has 0 aliphatic carbocycles. The van der Waals surface area contributed by atoms with Gasteiger partial charge in [0.15, 0.2) is 0 Å². The van der Waals surface area contributed by atoms with Crippen molar-refractivity contribution in [1.29, 1.82) is 0 Å². The minimum atomic E-state index is 0.342. The van der Waals surface area contributed by atoms with Crippen LogP contribution in [-0.4, -0.2) is 19.2 Å². The Morgan fingerprint density at radius 2 is 2.36 bits per heavy atom. The molecule has 1 aliphatic heterocycles. The summed E-state index contributed by atoms with van der Waals surface area (Å²) in [5, 5.41) is 3.29. The topological polar surface area (TPSA) is 21.3 Å². The van der Waals surface area contributed by atoms with Gasteiger partial charge < -0.3 is 10.1 Å². The molecule has 2 nitrogen and oxygen atoms in total. The molecule has 1 aliphatic rings. The molecule has 2 rings (SSSR count). The van der Waals surface area contributed by atoms with Crippen molar-refractivity contribution in [3.63, 3.8) is 0 Å². The largest absolute Gasteiger partial charge is 0.489 e. The van der Waals surface area contributed by atoms with Gasteiger partial charge in [0.2, 0.25) is 0 Å². The van der Waals surface area contributed by atoms with Gasteiger partial charge in [0.1, 0.15) is 11.9 Å². The highest BCUT2D eigenvalue weighted by Gasteiger charge is 2.16.